The second-order valence-corrected chi connectivity index (χ2v) is 6.58. The van der Waals surface area contributed by atoms with E-state index >= 15 is 0 Å². The van der Waals surface area contributed by atoms with E-state index in [4.69, 9.17) is 10.2 Å². The van der Waals surface area contributed by atoms with E-state index in [1.54, 1.807) is 29.7 Å². The van der Waals surface area contributed by atoms with Gasteiger partial charge in [-0.15, -0.1) is 12.4 Å². The van der Waals surface area contributed by atoms with E-state index in [1.807, 2.05) is 13.8 Å². The molecule has 0 radical (unpaired) electrons. The highest BCUT2D eigenvalue weighted by atomic mass is 35.5. The second kappa shape index (κ2) is 8.03. The first-order valence-electron chi connectivity index (χ1n) is 8.21. The van der Waals surface area contributed by atoms with Crippen molar-refractivity contribution < 1.29 is 14.0 Å². The Kier molecular flexibility index (Phi) is 6.86. The van der Waals surface area contributed by atoms with E-state index in [9.17, 15) is 9.59 Å². The molecule has 136 valence electrons. The van der Waals surface area contributed by atoms with Crippen LogP contribution < -0.4 is 5.73 Å². The van der Waals surface area contributed by atoms with E-state index in [0.29, 0.717) is 43.9 Å². The number of amides is 2. The Labute approximate surface area is 149 Å². The largest absolute Gasteiger partial charge is 0.466 e. The summed E-state index contributed by atoms with van der Waals surface area (Å²) in [5.74, 6) is 1.32. The number of rotatable bonds is 4. The third kappa shape index (κ3) is 4.30. The van der Waals surface area contributed by atoms with Gasteiger partial charge in [0.25, 0.3) is 5.91 Å². The Morgan fingerprint density at radius 2 is 1.75 bits per heavy atom. The maximum Gasteiger partial charge on any atom is 0.257 e. The quantitative estimate of drug-likeness (QED) is 0.895. The summed E-state index contributed by atoms with van der Waals surface area (Å²) in [6.45, 7) is 9.53. The molecule has 1 fully saturated rings. The lowest BCUT2D eigenvalue weighted by molar-refractivity contribution is -0.138. The molecule has 2 amide bonds. The van der Waals surface area contributed by atoms with Gasteiger partial charge in [0, 0.05) is 26.2 Å². The van der Waals surface area contributed by atoms with Gasteiger partial charge in [0.05, 0.1) is 11.1 Å². The molecule has 1 unspecified atom stereocenters. The molecule has 2 N–H and O–H groups in total. The van der Waals surface area contributed by atoms with Crippen LogP contribution in [0.2, 0.25) is 0 Å². The lowest BCUT2D eigenvalue weighted by Gasteiger charge is -2.38. The van der Waals surface area contributed by atoms with Crippen molar-refractivity contribution in [2.45, 2.75) is 46.1 Å². The van der Waals surface area contributed by atoms with Crippen LogP contribution in [-0.4, -0.2) is 53.3 Å². The van der Waals surface area contributed by atoms with Crippen LogP contribution in [0.3, 0.4) is 0 Å². The number of aryl methyl sites for hydroxylation is 2. The standard InChI is InChI=1S/C17H27N3O3.ClH/c1-5-6-17(4,18)16(22)20-9-7-19(8-10-20)15(21)14-11-12(2)23-13(14)3;/h11H,5-10,18H2,1-4H3;1H. The first-order valence-corrected chi connectivity index (χ1v) is 8.21. The maximum absolute atomic E-state index is 12.5. The Morgan fingerprint density at radius 3 is 2.21 bits per heavy atom. The van der Waals surface area contributed by atoms with Crippen molar-refractivity contribution in [2.24, 2.45) is 5.73 Å². The van der Waals surface area contributed by atoms with Crippen LogP contribution in [0.4, 0.5) is 0 Å². The van der Waals surface area contributed by atoms with Gasteiger partial charge >= 0.3 is 0 Å². The molecule has 7 heteroatoms. The van der Waals surface area contributed by atoms with E-state index in [1.165, 1.54) is 0 Å². The van der Waals surface area contributed by atoms with Crippen molar-refractivity contribution in [1.82, 2.24) is 9.80 Å². The lowest BCUT2D eigenvalue weighted by Crippen LogP contribution is -2.58. The van der Waals surface area contributed by atoms with Crippen LogP contribution in [0, 0.1) is 13.8 Å². The highest BCUT2D eigenvalue weighted by Gasteiger charge is 2.34. The van der Waals surface area contributed by atoms with Gasteiger partial charge in [0.1, 0.15) is 11.5 Å². The molecule has 1 atom stereocenters. The molecule has 0 bridgehead atoms. The van der Waals surface area contributed by atoms with Crippen LogP contribution in [0.15, 0.2) is 10.5 Å². The first kappa shape index (κ1) is 20.5. The fourth-order valence-corrected chi connectivity index (χ4v) is 3.11. The summed E-state index contributed by atoms with van der Waals surface area (Å²) in [5, 5.41) is 0. The van der Waals surface area contributed by atoms with E-state index < -0.39 is 5.54 Å². The number of nitrogens with two attached hydrogens (primary N) is 1. The Balaban J connectivity index is 0.00000288. The summed E-state index contributed by atoms with van der Waals surface area (Å²) in [5.41, 5.74) is 5.91. The van der Waals surface area contributed by atoms with Gasteiger partial charge in [0.15, 0.2) is 0 Å². The van der Waals surface area contributed by atoms with Crippen molar-refractivity contribution >= 4 is 24.2 Å². The van der Waals surface area contributed by atoms with Gasteiger partial charge in [-0.25, -0.2) is 0 Å². The van der Waals surface area contributed by atoms with Gasteiger partial charge < -0.3 is 20.0 Å². The van der Waals surface area contributed by atoms with Crippen molar-refractivity contribution in [3.63, 3.8) is 0 Å². The van der Waals surface area contributed by atoms with Gasteiger partial charge in [0.2, 0.25) is 5.91 Å². The number of carbonyl (C=O) groups is 2. The number of nitrogens with zero attached hydrogens (tertiary/aromatic N) is 2. The van der Waals surface area contributed by atoms with Gasteiger partial charge in [-0.2, -0.15) is 0 Å². The predicted molar refractivity (Wildman–Crippen MR) is 95.4 cm³/mol. The van der Waals surface area contributed by atoms with Crippen LogP contribution in [0.25, 0.3) is 0 Å². The monoisotopic (exact) mass is 357 g/mol. The summed E-state index contributed by atoms with van der Waals surface area (Å²) < 4.78 is 5.43. The zero-order valence-corrected chi connectivity index (χ0v) is 15.7. The van der Waals surface area contributed by atoms with E-state index in [-0.39, 0.29) is 24.2 Å². The van der Waals surface area contributed by atoms with Crippen LogP contribution in [0.1, 0.15) is 48.6 Å². The van der Waals surface area contributed by atoms with Gasteiger partial charge in [-0.05, 0) is 33.3 Å². The molecule has 0 aromatic carbocycles. The normalized spacial score (nSPS) is 17.2. The van der Waals surface area contributed by atoms with Crippen molar-refractivity contribution in [2.75, 3.05) is 26.2 Å². The number of hydrogen-bond donors (Lipinski definition) is 1. The summed E-state index contributed by atoms with van der Waals surface area (Å²) >= 11 is 0. The average Bonchev–Trinajstić information content (AvgIpc) is 2.84. The smallest absolute Gasteiger partial charge is 0.257 e. The first-order chi connectivity index (χ1) is 10.8. The number of carbonyl (C=O) groups excluding carboxylic acids is 2. The molecule has 2 rings (SSSR count). The molecule has 1 aliphatic heterocycles. The van der Waals surface area contributed by atoms with Gasteiger partial charge in [-0.3, -0.25) is 9.59 Å². The molecule has 6 nitrogen and oxygen atoms in total. The molecular weight excluding hydrogens is 330 g/mol. The fourth-order valence-electron chi connectivity index (χ4n) is 3.11. The number of furan rings is 1. The third-order valence-electron chi connectivity index (χ3n) is 4.38. The van der Waals surface area contributed by atoms with Crippen molar-refractivity contribution in [3.8, 4) is 0 Å². The van der Waals surface area contributed by atoms with Crippen LogP contribution in [-0.2, 0) is 4.79 Å². The van der Waals surface area contributed by atoms with Crippen molar-refractivity contribution in [1.29, 1.82) is 0 Å². The fraction of sp³-hybridized carbons (Fsp3) is 0.647. The highest BCUT2D eigenvalue weighted by molar-refractivity contribution is 5.95. The molecule has 1 saturated heterocycles. The predicted octanol–water partition coefficient (Wildman–Crippen LogP) is 2.12. The molecule has 1 aromatic rings. The van der Waals surface area contributed by atoms with Crippen LogP contribution in [0.5, 0.6) is 0 Å². The molecule has 1 aromatic heterocycles. The molecule has 0 spiro atoms. The Bertz CT molecular complexity index is 590. The second-order valence-electron chi connectivity index (χ2n) is 6.58. The number of piperazine rings is 1. The summed E-state index contributed by atoms with van der Waals surface area (Å²) in [6.07, 6.45) is 1.54. The Morgan fingerprint density at radius 1 is 1.21 bits per heavy atom. The maximum atomic E-state index is 12.5. The number of halogens is 1. The molecule has 1 aliphatic rings. The van der Waals surface area contributed by atoms with E-state index in [2.05, 4.69) is 0 Å². The minimum atomic E-state index is -0.820. The molecule has 0 saturated carbocycles. The van der Waals surface area contributed by atoms with E-state index in [0.717, 1.165) is 12.2 Å². The van der Waals surface area contributed by atoms with Crippen molar-refractivity contribution in [3.05, 3.63) is 23.2 Å². The zero-order chi connectivity index (χ0) is 17.2. The topological polar surface area (TPSA) is 79.8 Å². The summed E-state index contributed by atoms with van der Waals surface area (Å²) in [7, 11) is 0. The Hall–Kier alpha value is -1.53. The SMILES string of the molecule is CCCC(C)(N)C(=O)N1CCN(C(=O)c2cc(C)oc2C)CC1.Cl. The summed E-state index contributed by atoms with van der Waals surface area (Å²) in [4.78, 5) is 28.6. The molecular formula is C17H28ClN3O3. The van der Waals surface area contributed by atoms with Gasteiger partial charge in [-0.1, -0.05) is 13.3 Å². The molecule has 2 heterocycles. The lowest BCUT2D eigenvalue weighted by atomic mass is 9.95. The highest BCUT2D eigenvalue weighted by Crippen LogP contribution is 2.19. The molecule has 24 heavy (non-hydrogen) atoms. The zero-order valence-electron chi connectivity index (χ0n) is 14.9. The summed E-state index contributed by atoms with van der Waals surface area (Å²) in [6, 6.07) is 1.77. The third-order valence-corrected chi connectivity index (χ3v) is 4.38. The number of hydrogen-bond acceptors (Lipinski definition) is 4. The average molecular weight is 358 g/mol. The molecule has 0 aliphatic carbocycles. The minimum absolute atomic E-state index is 0. The minimum Gasteiger partial charge on any atom is -0.466 e. The van der Waals surface area contributed by atoms with Crippen LogP contribution >= 0.6 is 12.4 Å².